The van der Waals surface area contributed by atoms with Gasteiger partial charge < -0.3 is 5.32 Å². The Kier molecular flexibility index (Phi) is 6.58. The monoisotopic (exact) mass is 493 g/mol. The van der Waals surface area contributed by atoms with Gasteiger partial charge in [0.05, 0.1) is 17.7 Å². The molecule has 1 amide bonds. The predicted octanol–water partition coefficient (Wildman–Crippen LogP) is 5.84. The van der Waals surface area contributed by atoms with Crippen LogP contribution in [0.2, 0.25) is 0 Å². The normalized spacial score (nSPS) is 12.5. The Bertz CT molecular complexity index is 1190. The molecule has 0 aliphatic rings. The lowest BCUT2D eigenvalue weighted by Crippen LogP contribution is -2.37. The average Bonchev–Trinajstić information content (AvgIpc) is 2.76. The van der Waals surface area contributed by atoms with Gasteiger partial charge in [-0.1, -0.05) is 12.1 Å². The van der Waals surface area contributed by atoms with Crippen LogP contribution in [-0.4, -0.2) is 22.4 Å². The molecule has 0 aliphatic heterocycles. The summed E-state index contributed by atoms with van der Waals surface area (Å²) < 4.78 is 122. The Morgan fingerprint density at radius 2 is 1.50 bits per heavy atom. The molecule has 0 bridgehead atoms. The van der Waals surface area contributed by atoms with Crippen molar-refractivity contribution in [1.29, 1.82) is 0 Å². The van der Waals surface area contributed by atoms with Gasteiger partial charge in [-0.3, -0.25) is 9.78 Å². The molecule has 1 N–H and O–H groups in total. The van der Waals surface area contributed by atoms with Crippen molar-refractivity contribution in [3.63, 3.8) is 0 Å². The fourth-order valence-electron chi connectivity index (χ4n) is 3.02. The number of rotatable bonds is 5. The van der Waals surface area contributed by atoms with Crippen LogP contribution in [0.3, 0.4) is 0 Å². The summed E-state index contributed by atoms with van der Waals surface area (Å²) in [6, 6.07) is 5.42. The van der Waals surface area contributed by atoms with Crippen molar-refractivity contribution in [2.75, 3.05) is 6.54 Å². The molecule has 2 heterocycles. The Morgan fingerprint density at radius 3 is 2.09 bits per heavy atom. The van der Waals surface area contributed by atoms with E-state index in [0.717, 1.165) is 36.7 Å². The molecule has 0 saturated heterocycles. The van der Waals surface area contributed by atoms with E-state index in [9.17, 15) is 44.3 Å². The van der Waals surface area contributed by atoms with Crippen LogP contribution < -0.4 is 5.32 Å². The maximum atomic E-state index is 14.7. The summed E-state index contributed by atoms with van der Waals surface area (Å²) in [5, 5.41) is 1.53. The van der Waals surface area contributed by atoms with E-state index in [0.29, 0.717) is 18.2 Å². The van der Waals surface area contributed by atoms with Crippen LogP contribution in [0, 0.1) is 5.95 Å². The number of hydrogen-bond acceptors (Lipinski definition) is 3. The van der Waals surface area contributed by atoms with Gasteiger partial charge in [0.1, 0.15) is 0 Å². The van der Waals surface area contributed by atoms with E-state index in [2.05, 4.69) is 9.97 Å². The highest BCUT2D eigenvalue weighted by Gasteiger charge is 2.43. The second-order valence-corrected chi connectivity index (χ2v) is 6.91. The van der Waals surface area contributed by atoms with Crippen molar-refractivity contribution in [3.8, 4) is 11.1 Å². The van der Waals surface area contributed by atoms with Crippen molar-refractivity contribution in [1.82, 2.24) is 15.3 Å². The fourth-order valence-corrected chi connectivity index (χ4v) is 3.02. The van der Waals surface area contributed by atoms with Gasteiger partial charge in [-0.15, -0.1) is 0 Å². The molecule has 0 saturated carbocycles. The molecule has 180 valence electrons. The van der Waals surface area contributed by atoms with Crippen LogP contribution >= 0.6 is 0 Å². The summed E-state index contributed by atoms with van der Waals surface area (Å²) in [6.45, 7) is -1.72. The number of alkyl halides is 8. The molecule has 0 atom stereocenters. The van der Waals surface area contributed by atoms with Crippen LogP contribution in [0.5, 0.6) is 0 Å². The summed E-state index contributed by atoms with van der Waals surface area (Å²) in [6.07, 6.45) is -8.67. The van der Waals surface area contributed by atoms with E-state index in [1.807, 2.05) is 0 Å². The highest BCUT2D eigenvalue weighted by atomic mass is 19.4. The van der Waals surface area contributed by atoms with E-state index in [-0.39, 0.29) is 11.1 Å². The number of carbonyl (C=O) groups excluding carboxylic acids is 1. The lowest BCUT2D eigenvalue weighted by Gasteiger charge is -2.23. The summed E-state index contributed by atoms with van der Waals surface area (Å²) >= 11 is 0. The maximum Gasteiger partial charge on any atom is 0.434 e. The minimum atomic E-state index is -5.25. The number of nitrogens with one attached hydrogen (secondary N) is 1. The molecule has 34 heavy (non-hydrogen) atoms. The molecule has 3 aromatic rings. The Morgan fingerprint density at radius 1 is 0.824 bits per heavy atom. The molecule has 0 unspecified atom stereocenters. The van der Waals surface area contributed by atoms with Crippen LogP contribution in [0.15, 0.2) is 54.9 Å². The van der Waals surface area contributed by atoms with Crippen molar-refractivity contribution in [2.24, 2.45) is 0 Å². The summed E-state index contributed by atoms with van der Waals surface area (Å²) in [7, 11) is 0. The highest BCUT2D eigenvalue weighted by Crippen LogP contribution is 2.41. The van der Waals surface area contributed by atoms with Gasteiger partial charge in [0.25, 0.3) is 11.8 Å². The van der Waals surface area contributed by atoms with Crippen molar-refractivity contribution < 1.29 is 44.3 Å². The molecule has 2 aromatic heterocycles. The third kappa shape index (κ3) is 5.46. The van der Waals surface area contributed by atoms with Gasteiger partial charge in [-0.05, 0) is 35.9 Å². The molecular formula is C21H12F9N3O. The van der Waals surface area contributed by atoms with Gasteiger partial charge in [0.2, 0.25) is 5.95 Å². The first-order valence-electron chi connectivity index (χ1n) is 9.22. The second kappa shape index (κ2) is 8.95. The predicted molar refractivity (Wildman–Crippen MR) is 100 cm³/mol. The summed E-state index contributed by atoms with van der Waals surface area (Å²) in [5.74, 6) is -6.82. The molecule has 0 radical (unpaired) electrons. The van der Waals surface area contributed by atoms with Gasteiger partial charge in [-0.25, -0.2) is 4.98 Å². The zero-order chi connectivity index (χ0) is 25.3. The quantitative estimate of drug-likeness (QED) is 0.359. The molecule has 0 spiro atoms. The van der Waals surface area contributed by atoms with Crippen LogP contribution in [0.4, 0.5) is 39.5 Å². The number of pyridine rings is 2. The molecule has 0 fully saturated rings. The first-order valence-corrected chi connectivity index (χ1v) is 9.22. The van der Waals surface area contributed by atoms with E-state index in [1.54, 1.807) is 0 Å². The lowest BCUT2D eigenvalue weighted by molar-refractivity contribution is -0.142. The number of halogens is 9. The number of carbonyl (C=O) groups is 1. The third-order valence-electron chi connectivity index (χ3n) is 4.57. The zero-order valence-electron chi connectivity index (χ0n) is 16.6. The largest absolute Gasteiger partial charge is 0.434 e. The van der Waals surface area contributed by atoms with Gasteiger partial charge in [0.15, 0.2) is 5.69 Å². The molecule has 4 nitrogen and oxygen atoms in total. The fraction of sp³-hybridized carbons (Fsp3) is 0.190. The SMILES string of the molecule is O=C(NCC(F)(F)c1ccc(-c2ccc(F)nc2)cc1C(F)(F)F)c1cccnc1C(F)(F)F. The molecule has 0 aliphatic carbocycles. The van der Waals surface area contributed by atoms with E-state index in [1.165, 1.54) is 5.32 Å². The highest BCUT2D eigenvalue weighted by molar-refractivity contribution is 5.95. The van der Waals surface area contributed by atoms with Gasteiger partial charge in [0, 0.05) is 23.5 Å². The molecule has 1 aromatic carbocycles. The lowest BCUT2D eigenvalue weighted by atomic mass is 9.95. The number of aromatic nitrogens is 2. The Hall–Kier alpha value is -3.64. The minimum absolute atomic E-state index is 0.0197. The zero-order valence-corrected chi connectivity index (χ0v) is 16.6. The standard InChI is InChI=1S/C21H12F9N3O/c22-16-6-4-12(9-32-16)11-3-5-14(15(8-11)20(25,26)27)19(23,24)10-33-18(34)13-2-1-7-31-17(13)21(28,29)30/h1-9H,10H2,(H,33,34). The smallest absolute Gasteiger partial charge is 0.346 e. The third-order valence-corrected chi connectivity index (χ3v) is 4.57. The Balaban J connectivity index is 1.91. The van der Waals surface area contributed by atoms with Crippen LogP contribution in [0.25, 0.3) is 11.1 Å². The van der Waals surface area contributed by atoms with Gasteiger partial charge >= 0.3 is 12.4 Å². The number of hydrogen-bond donors (Lipinski definition) is 1. The second-order valence-electron chi connectivity index (χ2n) is 6.91. The Labute approximate surface area is 185 Å². The number of benzene rings is 1. The van der Waals surface area contributed by atoms with E-state index >= 15 is 0 Å². The topological polar surface area (TPSA) is 54.9 Å². The molecular weight excluding hydrogens is 481 g/mol. The molecule has 3 rings (SSSR count). The van der Waals surface area contributed by atoms with Crippen molar-refractivity contribution in [2.45, 2.75) is 18.3 Å². The van der Waals surface area contributed by atoms with Gasteiger partial charge in [-0.2, -0.15) is 39.5 Å². The van der Waals surface area contributed by atoms with Crippen LogP contribution in [-0.2, 0) is 18.3 Å². The molecule has 13 heteroatoms. The number of amides is 1. The number of nitrogens with zero attached hydrogens (tertiary/aromatic N) is 2. The summed E-state index contributed by atoms with van der Waals surface area (Å²) in [5.41, 5.74) is -6.13. The van der Waals surface area contributed by atoms with E-state index in [4.69, 9.17) is 0 Å². The first-order chi connectivity index (χ1) is 15.7. The van der Waals surface area contributed by atoms with Crippen LogP contribution in [0.1, 0.15) is 27.2 Å². The van der Waals surface area contributed by atoms with Crippen molar-refractivity contribution in [3.05, 3.63) is 83.2 Å². The average molecular weight is 493 g/mol. The minimum Gasteiger partial charge on any atom is -0.346 e. The first kappa shape index (κ1) is 25.0. The summed E-state index contributed by atoms with van der Waals surface area (Å²) in [4.78, 5) is 18.4. The van der Waals surface area contributed by atoms with E-state index < -0.39 is 59.1 Å². The van der Waals surface area contributed by atoms with Crippen molar-refractivity contribution >= 4 is 5.91 Å². The maximum absolute atomic E-state index is 14.7.